The van der Waals surface area contributed by atoms with Crippen molar-refractivity contribution in [3.8, 4) is 0 Å². The van der Waals surface area contributed by atoms with Crippen LogP contribution in [-0.2, 0) is 0 Å². The first-order valence-corrected chi connectivity index (χ1v) is 5.05. The molecule has 2 atom stereocenters. The van der Waals surface area contributed by atoms with Crippen molar-refractivity contribution in [3.05, 3.63) is 12.7 Å². The van der Waals surface area contributed by atoms with E-state index in [-0.39, 0.29) is 0 Å². The Bertz CT molecular complexity index is 110. The number of hydrogen-bond donors (Lipinski definition) is 1. The zero-order valence-corrected chi connectivity index (χ0v) is 8.77. The Hall–Kier alpha value is -0.300. The number of nitrogens with one attached hydrogen (secondary N) is 1. The molecule has 0 amide bonds. The Balaban J connectivity index is 3.92. The van der Waals surface area contributed by atoms with Crippen LogP contribution < -0.4 is 5.32 Å². The molecule has 1 heteroatoms. The van der Waals surface area contributed by atoms with Crippen LogP contribution in [-0.4, -0.2) is 13.6 Å². The van der Waals surface area contributed by atoms with Gasteiger partial charge in [0.2, 0.25) is 0 Å². The third-order valence-electron chi connectivity index (χ3n) is 2.65. The van der Waals surface area contributed by atoms with Gasteiger partial charge in [-0.2, -0.15) is 0 Å². The van der Waals surface area contributed by atoms with Crippen LogP contribution in [0.3, 0.4) is 0 Å². The standard InChI is InChI=1S/C11H23N/c1-5-8-10(6-2)11(7-3)9-12-4/h5,10-12H,1,6-9H2,2-4H3. The van der Waals surface area contributed by atoms with Crippen LogP contribution in [0.25, 0.3) is 0 Å². The van der Waals surface area contributed by atoms with Crippen molar-refractivity contribution in [2.24, 2.45) is 11.8 Å². The van der Waals surface area contributed by atoms with Gasteiger partial charge in [-0.05, 0) is 31.8 Å². The Morgan fingerprint density at radius 2 is 1.83 bits per heavy atom. The predicted octanol–water partition coefficient (Wildman–Crippen LogP) is 2.83. The molecule has 0 heterocycles. The first-order chi connectivity index (χ1) is 5.79. The Morgan fingerprint density at radius 1 is 1.25 bits per heavy atom. The second kappa shape index (κ2) is 7.35. The predicted molar refractivity (Wildman–Crippen MR) is 56.3 cm³/mol. The van der Waals surface area contributed by atoms with Crippen LogP contribution in [0, 0.1) is 11.8 Å². The molecule has 0 aliphatic carbocycles. The molecule has 2 unspecified atom stereocenters. The van der Waals surface area contributed by atoms with E-state index in [4.69, 9.17) is 0 Å². The first-order valence-electron chi connectivity index (χ1n) is 5.05. The van der Waals surface area contributed by atoms with Gasteiger partial charge in [-0.1, -0.05) is 32.8 Å². The SMILES string of the molecule is C=CCC(CC)C(CC)CNC. The van der Waals surface area contributed by atoms with Crippen molar-refractivity contribution in [2.75, 3.05) is 13.6 Å². The van der Waals surface area contributed by atoms with Crippen molar-refractivity contribution >= 4 is 0 Å². The lowest BCUT2D eigenvalue weighted by molar-refractivity contribution is 0.308. The summed E-state index contributed by atoms with van der Waals surface area (Å²) < 4.78 is 0. The van der Waals surface area contributed by atoms with Crippen molar-refractivity contribution < 1.29 is 0 Å². The molecule has 12 heavy (non-hydrogen) atoms. The summed E-state index contributed by atoms with van der Waals surface area (Å²) in [4.78, 5) is 0. The first kappa shape index (κ1) is 11.7. The Kier molecular flexibility index (Phi) is 7.17. The van der Waals surface area contributed by atoms with Gasteiger partial charge in [-0.3, -0.25) is 0 Å². The molecule has 0 spiro atoms. The summed E-state index contributed by atoms with van der Waals surface area (Å²) in [7, 11) is 2.03. The van der Waals surface area contributed by atoms with Crippen molar-refractivity contribution in [1.82, 2.24) is 5.32 Å². The van der Waals surface area contributed by atoms with Crippen LogP contribution in [0.2, 0.25) is 0 Å². The van der Waals surface area contributed by atoms with E-state index in [0.717, 1.165) is 24.8 Å². The largest absolute Gasteiger partial charge is 0.319 e. The fraction of sp³-hybridized carbons (Fsp3) is 0.818. The maximum Gasteiger partial charge on any atom is -0.00209 e. The summed E-state index contributed by atoms with van der Waals surface area (Å²) in [5.74, 6) is 1.64. The normalized spacial score (nSPS) is 15.6. The molecule has 0 fully saturated rings. The van der Waals surface area contributed by atoms with Gasteiger partial charge >= 0.3 is 0 Å². The van der Waals surface area contributed by atoms with Gasteiger partial charge in [0.15, 0.2) is 0 Å². The average molecular weight is 169 g/mol. The molecular weight excluding hydrogens is 146 g/mol. The van der Waals surface area contributed by atoms with E-state index in [9.17, 15) is 0 Å². The summed E-state index contributed by atoms with van der Waals surface area (Å²) in [5, 5.41) is 3.26. The zero-order valence-electron chi connectivity index (χ0n) is 8.77. The lowest BCUT2D eigenvalue weighted by Gasteiger charge is -2.23. The Morgan fingerprint density at radius 3 is 2.17 bits per heavy atom. The van der Waals surface area contributed by atoms with Gasteiger partial charge in [0.05, 0.1) is 0 Å². The molecule has 1 nitrogen and oxygen atoms in total. The highest BCUT2D eigenvalue weighted by molar-refractivity contribution is 4.78. The molecule has 0 rings (SSSR count). The molecule has 0 aromatic rings. The smallest absolute Gasteiger partial charge is 0.00209 e. The number of allylic oxidation sites excluding steroid dienone is 1. The van der Waals surface area contributed by atoms with Gasteiger partial charge in [-0.25, -0.2) is 0 Å². The van der Waals surface area contributed by atoms with Gasteiger partial charge in [0.25, 0.3) is 0 Å². The molecule has 0 aliphatic heterocycles. The minimum atomic E-state index is 0.818. The summed E-state index contributed by atoms with van der Waals surface area (Å²) in [6, 6.07) is 0. The number of rotatable bonds is 7. The van der Waals surface area contributed by atoms with Gasteiger partial charge in [0.1, 0.15) is 0 Å². The van der Waals surface area contributed by atoms with E-state index in [1.807, 2.05) is 13.1 Å². The minimum absolute atomic E-state index is 0.818. The van der Waals surface area contributed by atoms with Crippen LogP contribution in [0.15, 0.2) is 12.7 Å². The van der Waals surface area contributed by atoms with E-state index >= 15 is 0 Å². The highest BCUT2D eigenvalue weighted by atomic mass is 14.8. The van der Waals surface area contributed by atoms with E-state index < -0.39 is 0 Å². The lowest BCUT2D eigenvalue weighted by atomic mass is 9.85. The second-order valence-electron chi connectivity index (χ2n) is 3.42. The van der Waals surface area contributed by atoms with Crippen LogP contribution in [0.4, 0.5) is 0 Å². The summed E-state index contributed by atoms with van der Waals surface area (Å²) in [5.41, 5.74) is 0. The molecule has 0 aromatic heterocycles. The summed E-state index contributed by atoms with van der Waals surface area (Å²) in [6.07, 6.45) is 5.75. The summed E-state index contributed by atoms with van der Waals surface area (Å²) >= 11 is 0. The minimum Gasteiger partial charge on any atom is -0.319 e. The van der Waals surface area contributed by atoms with Crippen molar-refractivity contribution in [1.29, 1.82) is 0 Å². The molecule has 0 aromatic carbocycles. The summed E-state index contributed by atoms with van der Waals surface area (Å²) in [6.45, 7) is 9.49. The fourth-order valence-electron chi connectivity index (χ4n) is 1.81. The maximum absolute atomic E-state index is 3.80. The third kappa shape index (κ3) is 3.91. The molecule has 0 radical (unpaired) electrons. The third-order valence-corrected chi connectivity index (χ3v) is 2.65. The fourth-order valence-corrected chi connectivity index (χ4v) is 1.81. The van der Waals surface area contributed by atoms with Crippen molar-refractivity contribution in [3.63, 3.8) is 0 Å². The monoisotopic (exact) mass is 169 g/mol. The van der Waals surface area contributed by atoms with Crippen LogP contribution in [0.5, 0.6) is 0 Å². The van der Waals surface area contributed by atoms with Crippen molar-refractivity contribution in [2.45, 2.75) is 33.1 Å². The molecular formula is C11H23N. The maximum atomic E-state index is 3.80. The highest BCUT2D eigenvalue weighted by Crippen LogP contribution is 2.22. The van der Waals surface area contributed by atoms with Crippen LogP contribution >= 0.6 is 0 Å². The van der Waals surface area contributed by atoms with Crippen LogP contribution in [0.1, 0.15) is 33.1 Å². The topological polar surface area (TPSA) is 12.0 Å². The molecule has 0 aliphatic rings. The van der Waals surface area contributed by atoms with E-state index in [1.165, 1.54) is 12.8 Å². The average Bonchev–Trinajstić information content (AvgIpc) is 2.11. The van der Waals surface area contributed by atoms with Gasteiger partial charge in [0, 0.05) is 0 Å². The highest BCUT2D eigenvalue weighted by Gasteiger charge is 2.15. The molecule has 0 saturated heterocycles. The van der Waals surface area contributed by atoms with E-state index in [0.29, 0.717) is 0 Å². The lowest BCUT2D eigenvalue weighted by Crippen LogP contribution is -2.24. The van der Waals surface area contributed by atoms with Gasteiger partial charge in [-0.15, -0.1) is 6.58 Å². The Labute approximate surface area is 77.2 Å². The zero-order chi connectivity index (χ0) is 9.40. The quantitative estimate of drug-likeness (QED) is 0.578. The molecule has 1 N–H and O–H groups in total. The second-order valence-corrected chi connectivity index (χ2v) is 3.42. The number of hydrogen-bond acceptors (Lipinski definition) is 1. The molecule has 0 bridgehead atoms. The molecule has 72 valence electrons. The molecule has 0 saturated carbocycles. The van der Waals surface area contributed by atoms with Gasteiger partial charge < -0.3 is 5.32 Å². The van der Waals surface area contributed by atoms with E-state index in [2.05, 4.69) is 25.7 Å². The van der Waals surface area contributed by atoms with E-state index in [1.54, 1.807) is 0 Å².